The van der Waals surface area contributed by atoms with Crippen LogP contribution in [0.1, 0.15) is 17.5 Å². The number of nitrogens with zero attached hydrogens (tertiary/aromatic N) is 1. The summed E-state index contributed by atoms with van der Waals surface area (Å²) in [6.45, 7) is 0.542. The third-order valence-corrected chi connectivity index (χ3v) is 4.27. The fourth-order valence-electron chi connectivity index (χ4n) is 3.11. The molecule has 0 fully saturated rings. The number of carbonyl (C=O) groups is 1. The Balaban J connectivity index is 1.84. The zero-order valence-electron chi connectivity index (χ0n) is 13.8. The number of hydrogen-bond donors (Lipinski definition) is 0. The molecule has 0 aliphatic carbocycles. The maximum absolute atomic E-state index is 14.2. The highest BCUT2D eigenvalue weighted by atomic mass is 19.1. The number of benzene rings is 2. The summed E-state index contributed by atoms with van der Waals surface area (Å²) in [5.74, 6) is 0.734. The molecule has 1 amide bonds. The summed E-state index contributed by atoms with van der Waals surface area (Å²) >= 11 is 0. The first-order chi connectivity index (χ1) is 11.6. The zero-order chi connectivity index (χ0) is 17.1. The molecule has 0 radical (unpaired) electrons. The topological polar surface area (TPSA) is 38.8 Å². The summed E-state index contributed by atoms with van der Waals surface area (Å²) in [5, 5.41) is 0. The van der Waals surface area contributed by atoms with Gasteiger partial charge in [-0.25, -0.2) is 4.39 Å². The van der Waals surface area contributed by atoms with Crippen molar-refractivity contribution >= 4 is 11.6 Å². The molecule has 24 heavy (non-hydrogen) atoms. The monoisotopic (exact) mass is 329 g/mol. The number of carbonyl (C=O) groups excluding carboxylic acids is 1. The lowest BCUT2D eigenvalue weighted by Gasteiger charge is -2.30. The third-order valence-electron chi connectivity index (χ3n) is 4.27. The maximum atomic E-state index is 14.2. The molecule has 0 spiro atoms. The Kier molecular flexibility index (Phi) is 4.69. The van der Waals surface area contributed by atoms with Gasteiger partial charge in [0.1, 0.15) is 5.82 Å². The minimum absolute atomic E-state index is 0.117. The molecular formula is C19H20FNO3. The summed E-state index contributed by atoms with van der Waals surface area (Å²) in [5.41, 5.74) is 2.12. The predicted octanol–water partition coefficient (Wildman–Crippen LogP) is 3.36. The lowest BCUT2D eigenvalue weighted by atomic mass is 10.0. The van der Waals surface area contributed by atoms with Crippen LogP contribution in [-0.4, -0.2) is 26.7 Å². The summed E-state index contributed by atoms with van der Waals surface area (Å²) < 4.78 is 24.7. The predicted molar refractivity (Wildman–Crippen MR) is 90.3 cm³/mol. The van der Waals surface area contributed by atoms with Crippen LogP contribution in [-0.2, 0) is 17.6 Å². The Morgan fingerprint density at radius 1 is 1.17 bits per heavy atom. The van der Waals surface area contributed by atoms with Gasteiger partial charge in [0.15, 0.2) is 11.5 Å². The number of hydrogen-bond acceptors (Lipinski definition) is 3. The van der Waals surface area contributed by atoms with Gasteiger partial charge < -0.3 is 14.4 Å². The smallest absolute Gasteiger partial charge is 0.231 e. The van der Waals surface area contributed by atoms with Crippen molar-refractivity contribution < 1.29 is 18.7 Å². The number of methoxy groups -OCH3 is 2. The van der Waals surface area contributed by atoms with Gasteiger partial charge in [0.25, 0.3) is 0 Å². The molecule has 3 rings (SSSR count). The number of fused-ring (bicyclic) bond motifs is 1. The number of anilines is 1. The number of ether oxygens (including phenoxy) is 2. The average molecular weight is 329 g/mol. The van der Waals surface area contributed by atoms with Crippen LogP contribution in [0, 0.1) is 5.82 Å². The Bertz CT molecular complexity index is 760. The fourth-order valence-corrected chi connectivity index (χ4v) is 3.11. The van der Waals surface area contributed by atoms with E-state index in [9.17, 15) is 9.18 Å². The van der Waals surface area contributed by atoms with Gasteiger partial charge in [-0.05, 0) is 42.2 Å². The van der Waals surface area contributed by atoms with Gasteiger partial charge >= 0.3 is 0 Å². The molecule has 0 bridgehead atoms. The molecule has 0 aromatic heterocycles. The van der Waals surface area contributed by atoms with Crippen LogP contribution in [0.5, 0.6) is 11.5 Å². The second-order valence-corrected chi connectivity index (χ2v) is 5.76. The van der Waals surface area contributed by atoms with Crippen molar-refractivity contribution in [3.05, 3.63) is 53.3 Å². The highest BCUT2D eigenvalue weighted by Crippen LogP contribution is 2.31. The Morgan fingerprint density at radius 3 is 2.71 bits per heavy atom. The average Bonchev–Trinajstić information content (AvgIpc) is 2.61. The number of rotatable bonds is 4. The molecule has 0 saturated heterocycles. The Labute approximate surface area is 140 Å². The number of amides is 1. The SMILES string of the molecule is COc1ccc(CC(=O)N2CCCc3cccc(F)c32)cc1OC. The lowest BCUT2D eigenvalue weighted by Crippen LogP contribution is -2.37. The van der Waals surface area contributed by atoms with E-state index in [4.69, 9.17) is 9.47 Å². The molecule has 1 aliphatic rings. The van der Waals surface area contributed by atoms with Crippen molar-refractivity contribution in [3.8, 4) is 11.5 Å². The van der Waals surface area contributed by atoms with E-state index in [1.165, 1.54) is 6.07 Å². The summed E-state index contributed by atoms with van der Waals surface area (Å²) in [6, 6.07) is 10.4. The minimum Gasteiger partial charge on any atom is -0.493 e. The van der Waals surface area contributed by atoms with Crippen LogP contribution in [0.2, 0.25) is 0 Å². The van der Waals surface area contributed by atoms with Crippen LogP contribution in [0.15, 0.2) is 36.4 Å². The molecule has 1 heterocycles. The van der Waals surface area contributed by atoms with Crippen LogP contribution < -0.4 is 14.4 Å². The molecular weight excluding hydrogens is 309 g/mol. The van der Waals surface area contributed by atoms with Crippen molar-refractivity contribution in [1.29, 1.82) is 0 Å². The molecule has 1 aliphatic heterocycles. The zero-order valence-corrected chi connectivity index (χ0v) is 13.8. The first-order valence-electron chi connectivity index (χ1n) is 7.92. The van der Waals surface area contributed by atoms with Gasteiger partial charge in [-0.15, -0.1) is 0 Å². The first-order valence-corrected chi connectivity index (χ1v) is 7.92. The van der Waals surface area contributed by atoms with Crippen molar-refractivity contribution in [2.45, 2.75) is 19.3 Å². The largest absolute Gasteiger partial charge is 0.493 e. The fraction of sp³-hybridized carbons (Fsp3) is 0.316. The van der Waals surface area contributed by atoms with Crippen LogP contribution in [0.25, 0.3) is 0 Å². The van der Waals surface area contributed by atoms with Crippen LogP contribution in [0.3, 0.4) is 0 Å². The van der Waals surface area contributed by atoms with Crippen molar-refractivity contribution in [2.75, 3.05) is 25.7 Å². The molecule has 5 heteroatoms. The van der Waals surface area contributed by atoms with Gasteiger partial charge in [0, 0.05) is 6.54 Å². The number of aryl methyl sites for hydroxylation is 1. The number of para-hydroxylation sites is 1. The van der Waals surface area contributed by atoms with E-state index in [2.05, 4.69) is 0 Å². The van der Waals surface area contributed by atoms with E-state index >= 15 is 0 Å². The second-order valence-electron chi connectivity index (χ2n) is 5.76. The normalized spacial score (nSPS) is 13.4. The van der Waals surface area contributed by atoms with E-state index in [-0.39, 0.29) is 18.1 Å². The standard InChI is InChI=1S/C19H20FNO3/c1-23-16-9-8-13(11-17(16)24-2)12-18(22)21-10-4-6-14-5-3-7-15(20)19(14)21/h3,5,7-9,11H,4,6,10,12H2,1-2H3. The Morgan fingerprint density at radius 2 is 1.96 bits per heavy atom. The molecule has 4 nitrogen and oxygen atoms in total. The molecule has 126 valence electrons. The second kappa shape index (κ2) is 6.91. The quantitative estimate of drug-likeness (QED) is 0.863. The summed E-state index contributed by atoms with van der Waals surface area (Å²) in [7, 11) is 3.12. The van der Waals surface area contributed by atoms with Gasteiger partial charge in [-0.1, -0.05) is 18.2 Å². The van der Waals surface area contributed by atoms with E-state index < -0.39 is 0 Å². The number of halogens is 1. The molecule has 0 saturated carbocycles. The van der Waals surface area contributed by atoms with Gasteiger partial charge in [0.2, 0.25) is 5.91 Å². The molecule has 2 aromatic rings. The van der Waals surface area contributed by atoms with Crippen molar-refractivity contribution in [2.24, 2.45) is 0 Å². The van der Waals surface area contributed by atoms with Crippen molar-refractivity contribution in [3.63, 3.8) is 0 Å². The minimum atomic E-state index is -0.340. The van der Waals surface area contributed by atoms with E-state index in [1.807, 2.05) is 12.1 Å². The highest BCUT2D eigenvalue weighted by Gasteiger charge is 2.25. The Hall–Kier alpha value is -2.56. The maximum Gasteiger partial charge on any atom is 0.231 e. The first kappa shape index (κ1) is 16.3. The van der Waals surface area contributed by atoms with Gasteiger partial charge in [0.05, 0.1) is 26.3 Å². The van der Waals surface area contributed by atoms with Gasteiger partial charge in [-0.2, -0.15) is 0 Å². The lowest BCUT2D eigenvalue weighted by molar-refractivity contribution is -0.118. The highest BCUT2D eigenvalue weighted by molar-refractivity contribution is 5.96. The van der Waals surface area contributed by atoms with E-state index in [0.29, 0.717) is 23.7 Å². The molecule has 2 aromatic carbocycles. The van der Waals surface area contributed by atoms with Crippen molar-refractivity contribution in [1.82, 2.24) is 0 Å². The molecule has 0 unspecified atom stereocenters. The summed E-state index contributed by atoms with van der Waals surface area (Å²) in [4.78, 5) is 14.3. The molecule has 0 N–H and O–H groups in total. The van der Waals surface area contributed by atoms with E-state index in [1.54, 1.807) is 37.3 Å². The third kappa shape index (κ3) is 3.07. The van der Waals surface area contributed by atoms with Gasteiger partial charge in [-0.3, -0.25) is 4.79 Å². The summed E-state index contributed by atoms with van der Waals surface area (Å²) in [6.07, 6.45) is 1.83. The van der Waals surface area contributed by atoms with Crippen LogP contribution >= 0.6 is 0 Å². The van der Waals surface area contributed by atoms with E-state index in [0.717, 1.165) is 24.0 Å². The van der Waals surface area contributed by atoms with Crippen LogP contribution in [0.4, 0.5) is 10.1 Å². The molecule has 0 atom stereocenters.